The number of para-hydroxylation sites is 1. The van der Waals surface area contributed by atoms with Crippen LogP contribution in [-0.2, 0) is 11.3 Å². The summed E-state index contributed by atoms with van der Waals surface area (Å²) >= 11 is 0. The lowest BCUT2D eigenvalue weighted by atomic mass is 9.92. The number of anilines is 1. The van der Waals surface area contributed by atoms with Crippen molar-refractivity contribution >= 4 is 11.6 Å². The highest BCUT2D eigenvalue weighted by Crippen LogP contribution is 2.32. The second-order valence-electron chi connectivity index (χ2n) is 7.64. The molecule has 1 amide bonds. The fraction of sp³-hybridized carbons (Fsp3) is 0.524. The van der Waals surface area contributed by atoms with Gasteiger partial charge in [-0.25, -0.2) is 0 Å². The third-order valence-electron chi connectivity index (χ3n) is 4.66. The maximum absolute atomic E-state index is 12.7. The van der Waals surface area contributed by atoms with Crippen LogP contribution in [0.15, 0.2) is 22.7 Å². The van der Waals surface area contributed by atoms with Crippen molar-refractivity contribution in [3.63, 3.8) is 0 Å². The highest BCUT2D eigenvalue weighted by Gasteiger charge is 2.18. The van der Waals surface area contributed by atoms with Gasteiger partial charge in [0.25, 0.3) is 0 Å². The predicted octanol–water partition coefficient (Wildman–Crippen LogP) is 4.61. The molecule has 0 spiro atoms. The molecular weight excluding hydrogens is 326 g/mol. The molecule has 0 fully saturated rings. The van der Waals surface area contributed by atoms with Gasteiger partial charge < -0.3 is 9.84 Å². The predicted molar refractivity (Wildman–Crippen MR) is 106 cm³/mol. The Kier molecular flexibility index (Phi) is 6.59. The fourth-order valence-corrected chi connectivity index (χ4v) is 3.17. The van der Waals surface area contributed by atoms with Gasteiger partial charge in [0.05, 0.1) is 12.2 Å². The molecule has 1 aromatic heterocycles. The summed E-state index contributed by atoms with van der Waals surface area (Å²) in [6.45, 7) is 13.4. The second-order valence-corrected chi connectivity index (χ2v) is 7.64. The Morgan fingerprint density at radius 1 is 1.15 bits per heavy atom. The summed E-state index contributed by atoms with van der Waals surface area (Å²) in [6.07, 6.45) is 0. The number of carbonyl (C=O) groups is 1. The van der Waals surface area contributed by atoms with Crippen molar-refractivity contribution in [1.29, 1.82) is 0 Å². The summed E-state index contributed by atoms with van der Waals surface area (Å²) in [5.41, 5.74) is 5.25. The van der Waals surface area contributed by atoms with Crippen LogP contribution in [0.3, 0.4) is 0 Å². The van der Waals surface area contributed by atoms with Gasteiger partial charge in [-0.1, -0.05) is 51.1 Å². The number of likely N-dealkylation sites (N-methyl/N-ethyl adjacent to an activating group) is 1. The van der Waals surface area contributed by atoms with Crippen LogP contribution < -0.4 is 5.32 Å². The van der Waals surface area contributed by atoms with Crippen LogP contribution in [0.2, 0.25) is 0 Å². The van der Waals surface area contributed by atoms with Crippen LogP contribution in [0.5, 0.6) is 0 Å². The number of nitrogens with one attached hydrogen (secondary N) is 1. The third-order valence-corrected chi connectivity index (χ3v) is 4.66. The fourth-order valence-electron chi connectivity index (χ4n) is 3.17. The van der Waals surface area contributed by atoms with E-state index >= 15 is 0 Å². The molecule has 26 heavy (non-hydrogen) atoms. The maximum atomic E-state index is 12.7. The molecule has 5 nitrogen and oxygen atoms in total. The molecule has 0 bridgehead atoms. The first kappa shape index (κ1) is 20.2. The number of carbonyl (C=O) groups excluding carboxylic acids is 1. The number of aryl methyl sites for hydroxylation is 2. The zero-order valence-electron chi connectivity index (χ0n) is 17.0. The molecule has 0 aliphatic rings. The largest absolute Gasteiger partial charge is 0.361 e. The molecule has 1 heterocycles. The minimum absolute atomic E-state index is 0.00531. The topological polar surface area (TPSA) is 58.4 Å². The van der Waals surface area contributed by atoms with Gasteiger partial charge in [0, 0.05) is 17.8 Å². The molecule has 2 rings (SSSR count). The number of hydrogen-bond donors (Lipinski definition) is 1. The molecule has 1 N–H and O–H groups in total. The van der Waals surface area contributed by atoms with E-state index in [2.05, 4.69) is 56.4 Å². The van der Waals surface area contributed by atoms with Gasteiger partial charge in [0.1, 0.15) is 5.76 Å². The van der Waals surface area contributed by atoms with E-state index in [1.807, 2.05) is 25.8 Å². The minimum Gasteiger partial charge on any atom is -0.361 e. The monoisotopic (exact) mass is 357 g/mol. The number of hydrogen-bond acceptors (Lipinski definition) is 4. The molecule has 0 unspecified atom stereocenters. The highest BCUT2D eigenvalue weighted by atomic mass is 16.5. The SMILES string of the molecule is Cc1noc(C)c1CN(C)CC(=O)Nc1c(C(C)C)cccc1C(C)C. The first-order chi connectivity index (χ1) is 12.2. The number of nitrogens with zero attached hydrogens (tertiary/aromatic N) is 2. The van der Waals surface area contributed by atoms with Gasteiger partial charge in [-0.2, -0.15) is 0 Å². The zero-order valence-corrected chi connectivity index (χ0v) is 17.0. The molecule has 1 aromatic carbocycles. The van der Waals surface area contributed by atoms with Crippen LogP contribution in [0.1, 0.15) is 67.7 Å². The van der Waals surface area contributed by atoms with Crippen LogP contribution in [0.4, 0.5) is 5.69 Å². The molecule has 0 aliphatic carbocycles. The highest BCUT2D eigenvalue weighted by molar-refractivity contribution is 5.94. The van der Waals surface area contributed by atoms with E-state index in [-0.39, 0.29) is 5.91 Å². The first-order valence-electron chi connectivity index (χ1n) is 9.23. The quantitative estimate of drug-likeness (QED) is 0.786. The summed E-state index contributed by atoms with van der Waals surface area (Å²) in [6, 6.07) is 6.27. The summed E-state index contributed by atoms with van der Waals surface area (Å²) in [5.74, 6) is 1.50. The van der Waals surface area contributed by atoms with Gasteiger partial charge in [0.15, 0.2) is 0 Å². The van der Waals surface area contributed by atoms with E-state index in [0.717, 1.165) is 22.7 Å². The zero-order chi connectivity index (χ0) is 19.4. The summed E-state index contributed by atoms with van der Waals surface area (Å²) in [4.78, 5) is 14.7. The molecule has 0 saturated carbocycles. The Morgan fingerprint density at radius 2 is 1.73 bits per heavy atom. The molecule has 0 saturated heterocycles. The van der Waals surface area contributed by atoms with Crippen LogP contribution in [-0.4, -0.2) is 29.6 Å². The third kappa shape index (κ3) is 4.73. The van der Waals surface area contributed by atoms with E-state index in [4.69, 9.17) is 4.52 Å². The van der Waals surface area contributed by atoms with Crippen LogP contribution in [0.25, 0.3) is 0 Å². The van der Waals surface area contributed by atoms with Crippen molar-refractivity contribution < 1.29 is 9.32 Å². The van der Waals surface area contributed by atoms with Crippen molar-refractivity contribution in [3.8, 4) is 0 Å². The summed E-state index contributed by atoms with van der Waals surface area (Å²) in [7, 11) is 1.93. The number of amides is 1. The van der Waals surface area contributed by atoms with E-state index in [1.165, 1.54) is 11.1 Å². The standard InChI is InChI=1S/C21H31N3O2/c1-13(2)17-9-8-10-18(14(3)4)21(17)22-20(25)12-24(7)11-19-15(5)23-26-16(19)6/h8-10,13-14H,11-12H2,1-7H3,(H,22,25). The van der Waals surface area contributed by atoms with Crippen LogP contribution in [0, 0.1) is 13.8 Å². The van der Waals surface area contributed by atoms with E-state index in [0.29, 0.717) is 24.9 Å². The lowest BCUT2D eigenvalue weighted by molar-refractivity contribution is -0.117. The molecule has 2 aromatic rings. The van der Waals surface area contributed by atoms with Gasteiger partial charge in [0.2, 0.25) is 5.91 Å². The molecule has 0 atom stereocenters. The average molecular weight is 357 g/mol. The van der Waals surface area contributed by atoms with Gasteiger partial charge in [-0.05, 0) is 43.9 Å². The molecular formula is C21H31N3O2. The van der Waals surface area contributed by atoms with Crippen molar-refractivity contribution in [1.82, 2.24) is 10.1 Å². The summed E-state index contributed by atoms with van der Waals surface area (Å²) in [5, 5.41) is 7.14. The molecule has 142 valence electrons. The average Bonchev–Trinajstić information content (AvgIpc) is 2.86. The van der Waals surface area contributed by atoms with E-state index in [1.54, 1.807) is 0 Å². The Bertz CT molecular complexity index is 717. The molecule has 0 aliphatic heterocycles. The molecule has 0 radical (unpaired) electrons. The van der Waals surface area contributed by atoms with Gasteiger partial charge in [-0.15, -0.1) is 0 Å². The Labute approximate surface area is 156 Å². The number of rotatable bonds is 7. The van der Waals surface area contributed by atoms with E-state index in [9.17, 15) is 4.79 Å². The molecule has 5 heteroatoms. The normalized spacial score (nSPS) is 11.6. The Hall–Kier alpha value is -2.14. The Balaban J connectivity index is 2.12. The van der Waals surface area contributed by atoms with Crippen LogP contribution >= 0.6 is 0 Å². The van der Waals surface area contributed by atoms with E-state index < -0.39 is 0 Å². The number of benzene rings is 1. The van der Waals surface area contributed by atoms with Crippen molar-refractivity contribution in [2.24, 2.45) is 0 Å². The first-order valence-corrected chi connectivity index (χ1v) is 9.23. The van der Waals surface area contributed by atoms with Crippen molar-refractivity contribution in [2.75, 3.05) is 18.9 Å². The number of aromatic nitrogens is 1. The van der Waals surface area contributed by atoms with Gasteiger partial charge >= 0.3 is 0 Å². The lowest BCUT2D eigenvalue weighted by Crippen LogP contribution is -2.30. The minimum atomic E-state index is -0.00531. The van der Waals surface area contributed by atoms with Crippen molar-refractivity contribution in [2.45, 2.75) is 59.9 Å². The van der Waals surface area contributed by atoms with Gasteiger partial charge in [-0.3, -0.25) is 9.69 Å². The smallest absolute Gasteiger partial charge is 0.238 e. The summed E-state index contributed by atoms with van der Waals surface area (Å²) < 4.78 is 5.20. The van der Waals surface area contributed by atoms with Crippen molar-refractivity contribution in [3.05, 3.63) is 46.3 Å². The maximum Gasteiger partial charge on any atom is 0.238 e. The second kappa shape index (κ2) is 8.49. The Morgan fingerprint density at radius 3 is 2.19 bits per heavy atom. The lowest BCUT2D eigenvalue weighted by Gasteiger charge is -2.22.